The summed E-state index contributed by atoms with van der Waals surface area (Å²) in [6, 6.07) is 11.8. The Morgan fingerprint density at radius 2 is 1.92 bits per heavy atom. The summed E-state index contributed by atoms with van der Waals surface area (Å²) >= 11 is 2.60. The molecule has 1 fully saturated rings. The van der Waals surface area contributed by atoms with Crippen LogP contribution in [-0.2, 0) is 14.8 Å². The Bertz CT molecular complexity index is 901. The first kappa shape index (κ1) is 16.9. The third-order valence-corrected chi connectivity index (χ3v) is 6.48. The van der Waals surface area contributed by atoms with Gasteiger partial charge in [0.1, 0.15) is 0 Å². The molecule has 1 amide bonds. The molecule has 0 spiro atoms. The summed E-state index contributed by atoms with van der Waals surface area (Å²) in [5.41, 5.74) is 0. The minimum Gasteiger partial charge on any atom is -0.286 e. The van der Waals surface area contributed by atoms with Crippen molar-refractivity contribution in [2.24, 2.45) is 4.40 Å². The maximum Gasteiger partial charge on any atom is 0.284 e. The Morgan fingerprint density at radius 1 is 1.17 bits per heavy atom. The Kier molecular flexibility index (Phi) is 4.88. The number of sulfonamides is 1. The normalized spacial score (nSPS) is 18.7. The van der Waals surface area contributed by atoms with Gasteiger partial charge >= 0.3 is 0 Å². The predicted octanol–water partition coefficient (Wildman–Crippen LogP) is 3.43. The lowest BCUT2D eigenvalue weighted by atomic mass is 10.4. The SMILES string of the molecule is CCN1C(=O)/C(=C\c2cccs2)S/C1=N/S(=O)(=O)c1ccccc1. The standard InChI is InChI=1S/C16H14N2O3S3/c1-2-18-15(19)14(11-12-7-6-10-22-12)23-16(18)17-24(20,21)13-8-4-3-5-9-13/h3-11H,2H2,1H3/b14-11+,17-16+. The lowest BCUT2D eigenvalue weighted by Crippen LogP contribution is -2.29. The van der Waals surface area contributed by atoms with Gasteiger partial charge < -0.3 is 0 Å². The van der Waals surface area contributed by atoms with Crippen LogP contribution in [-0.4, -0.2) is 30.9 Å². The molecular weight excluding hydrogens is 364 g/mol. The molecule has 5 nitrogen and oxygen atoms in total. The number of hydrogen-bond acceptors (Lipinski definition) is 5. The molecule has 1 aromatic heterocycles. The second-order valence-electron chi connectivity index (χ2n) is 4.84. The smallest absolute Gasteiger partial charge is 0.284 e. The number of nitrogens with zero attached hydrogens (tertiary/aromatic N) is 2. The molecule has 8 heteroatoms. The summed E-state index contributed by atoms with van der Waals surface area (Å²) in [6.45, 7) is 2.15. The van der Waals surface area contributed by atoms with E-state index in [0.717, 1.165) is 16.6 Å². The number of thioether (sulfide) groups is 1. The zero-order valence-electron chi connectivity index (χ0n) is 12.7. The number of hydrogen-bond donors (Lipinski definition) is 0. The first-order valence-corrected chi connectivity index (χ1v) is 10.3. The van der Waals surface area contributed by atoms with Crippen LogP contribution >= 0.6 is 23.1 Å². The van der Waals surface area contributed by atoms with Gasteiger partial charge in [0.25, 0.3) is 15.9 Å². The van der Waals surface area contributed by atoms with Gasteiger partial charge in [0.2, 0.25) is 0 Å². The van der Waals surface area contributed by atoms with Crippen LogP contribution < -0.4 is 0 Å². The highest BCUT2D eigenvalue weighted by atomic mass is 32.2. The molecule has 124 valence electrons. The molecule has 0 aliphatic carbocycles. The van der Waals surface area contributed by atoms with Gasteiger partial charge in [-0.3, -0.25) is 9.69 Å². The molecule has 1 aliphatic rings. The maximum absolute atomic E-state index is 12.5. The third-order valence-electron chi connectivity index (χ3n) is 3.26. The molecule has 0 radical (unpaired) electrons. The highest BCUT2D eigenvalue weighted by Gasteiger charge is 2.34. The number of carbonyl (C=O) groups is 1. The predicted molar refractivity (Wildman–Crippen MR) is 98.3 cm³/mol. The van der Waals surface area contributed by atoms with Gasteiger partial charge in [0.05, 0.1) is 9.80 Å². The number of amides is 1. The highest BCUT2D eigenvalue weighted by molar-refractivity contribution is 8.19. The van der Waals surface area contributed by atoms with E-state index >= 15 is 0 Å². The van der Waals surface area contributed by atoms with Crippen molar-refractivity contribution in [1.82, 2.24) is 4.90 Å². The van der Waals surface area contributed by atoms with Gasteiger partial charge in [-0.25, -0.2) is 0 Å². The van der Waals surface area contributed by atoms with E-state index in [2.05, 4.69) is 4.40 Å². The van der Waals surface area contributed by atoms with Crippen LogP contribution in [0.5, 0.6) is 0 Å². The zero-order valence-corrected chi connectivity index (χ0v) is 15.2. The number of rotatable bonds is 4. The summed E-state index contributed by atoms with van der Waals surface area (Å²) in [7, 11) is -3.85. The van der Waals surface area contributed by atoms with E-state index in [1.54, 1.807) is 31.2 Å². The van der Waals surface area contributed by atoms with Crippen molar-refractivity contribution < 1.29 is 13.2 Å². The third kappa shape index (κ3) is 3.45. The van der Waals surface area contributed by atoms with E-state index in [0.29, 0.717) is 11.4 Å². The van der Waals surface area contributed by atoms with Crippen LogP contribution in [0.15, 0.2) is 62.0 Å². The van der Waals surface area contributed by atoms with Crippen LogP contribution in [0.2, 0.25) is 0 Å². The molecule has 0 unspecified atom stereocenters. The Balaban J connectivity index is 1.97. The van der Waals surface area contributed by atoms with Crippen LogP contribution in [0.1, 0.15) is 11.8 Å². The van der Waals surface area contributed by atoms with Crippen LogP contribution in [0.4, 0.5) is 0 Å². The molecule has 0 saturated carbocycles. The van der Waals surface area contributed by atoms with Crippen LogP contribution in [0.3, 0.4) is 0 Å². The fourth-order valence-corrected chi connectivity index (χ4v) is 5.09. The van der Waals surface area contributed by atoms with Gasteiger partial charge in [0.15, 0.2) is 5.17 Å². The molecule has 0 atom stereocenters. The molecule has 1 aliphatic heterocycles. The lowest BCUT2D eigenvalue weighted by molar-refractivity contribution is -0.122. The Hall–Kier alpha value is -1.90. The molecule has 0 N–H and O–H groups in total. The van der Waals surface area contributed by atoms with Crippen molar-refractivity contribution in [2.75, 3.05) is 6.54 Å². The summed E-state index contributed by atoms with van der Waals surface area (Å²) < 4.78 is 28.7. The Morgan fingerprint density at radius 3 is 2.54 bits per heavy atom. The summed E-state index contributed by atoms with van der Waals surface area (Å²) in [5, 5.41) is 2.11. The van der Waals surface area contributed by atoms with E-state index in [9.17, 15) is 13.2 Å². The van der Waals surface area contributed by atoms with E-state index in [-0.39, 0.29) is 16.0 Å². The molecule has 0 bridgehead atoms. The molecule has 3 rings (SSSR count). The fourth-order valence-electron chi connectivity index (χ4n) is 2.11. The van der Waals surface area contributed by atoms with Gasteiger partial charge in [0, 0.05) is 11.4 Å². The van der Waals surface area contributed by atoms with E-state index in [1.807, 2.05) is 17.5 Å². The van der Waals surface area contributed by atoms with Crippen molar-refractivity contribution in [3.05, 3.63) is 57.6 Å². The van der Waals surface area contributed by atoms with E-state index in [4.69, 9.17) is 0 Å². The average Bonchev–Trinajstić information content (AvgIpc) is 3.17. The van der Waals surface area contributed by atoms with Crippen molar-refractivity contribution >= 4 is 50.3 Å². The monoisotopic (exact) mass is 378 g/mol. The maximum atomic E-state index is 12.5. The minimum absolute atomic E-state index is 0.109. The van der Waals surface area contributed by atoms with Crippen molar-refractivity contribution in [2.45, 2.75) is 11.8 Å². The number of thiophene rings is 1. The van der Waals surface area contributed by atoms with E-state index in [1.165, 1.54) is 28.4 Å². The Labute approximate surface area is 148 Å². The minimum atomic E-state index is -3.85. The molecule has 24 heavy (non-hydrogen) atoms. The molecular formula is C16H14N2O3S3. The van der Waals surface area contributed by atoms with Crippen LogP contribution in [0.25, 0.3) is 6.08 Å². The van der Waals surface area contributed by atoms with Gasteiger partial charge in [-0.2, -0.15) is 8.42 Å². The first-order valence-electron chi connectivity index (χ1n) is 7.16. The topological polar surface area (TPSA) is 66.8 Å². The van der Waals surface area contributed by atoms with Gasteiger partial charge in [-0.05, 0) is 48.3 Å². The van der Waals surface area contributed by atoms with Crippen molar-refractivity contribution in [3.63, 3.8) is 0 Å². The number of carbonyl (C=O) groups excluding carboxylic acids is 1. The summed E-state index contributed by atoms with van der Waals surface area (Å²) in [5.74, 6) is -0.224. The van der Waals surface area contributed by atoms with Crippen molar-refractivity contribution in [1.29, 1.82) is 0 Å². The first-order chi connectivity index (χ1) is 11.5. The summed E-state index contributed by atoms with van der Waals surface area (Å²) in [4.78, 5) is 15.4. The van der Waals surface area contributed by atoms with Crippen LogP contribution in [0, 0.1) is 0 Å². The second kappa shape index (κ2) is 6.92. The fraction of sp³-hybridized carbons (Fsp3) is 0.125. The largest absolute Gasteiger partial charge is 0.286 e. The molecule has 1 saturated heterocycles. The lowest BCUT2D eigenvalue weighted by Gasteiger charge is -2.11. The highest BCUT2D eigenvalue weighted by Crippen LogP contribution is 2.34. The van der Waals surface area contributed by atoms with E-state index < -0.39 is 10.0 Å². The zero-order chi connectivity index (χ0) is 17.2. The van der Waals surface area contributed by atoms with Gasteiger partial charge in [-0.1, -0.05) is 24.3 Å². The number of amidine groups is 1. The molecule has 2 heterocycles. The molecule has 2 aromatic rings. The average molecular weight is 379 g/mol. The summed E-state index contributed by atoms with van der Waals surface area (Å²) in [6.07, 6.45) is 1.76. The number of likely N-dealkylation sites (N-methyl/N-ethyl adjacent to an activating group) is 1. The van der Waals surface area contributed by atoms with Gasteiger partial charge in [-0.15, -0.1) is 15.7 Å². The van der Waals surface area contributed by atoms with Crippen molar-refractivity contribution in [3.8, 4) is 0 Å². The second-order valence-corrected chi connectivity index (χ2v) is 8.43. The molecule has 1 aromatic carbocycles. The quantitative estimate of drug-likeness (QED) is 0.765. The number of benzene rings is 1.